The Hall–Kier alpha value is -1.56. The van der Waals surface area contributed by atoms with Crippen LogP contribution in [0, 0.1) is 0 Å². The molecule has 1 aromatic rings. The van der Waals surface area contributed by atoms with E-state index < -0.39 is 0 Å². The van der Waals surface area contributed by atoms with E-state index in [1.54, 1.807) is 6.08 Å². The molecule has 16 heavy (non-hydrogen) atoms. The van der Waals surface area contributed by atoms with E-state index in [1.807, 2.05) is 13.8 Å². The average molecular weight is 240 g/mol. The van der Waals surface area contributed by atoms with Crippen LogP contribution < -0.4 is 16.4 Å². The van der Waals surface area contributed by atoms with Gasteiger partial charge in [-0.25, -0.2) is 4.98 Å². The fraction of sp³-hybridized carbons (Fsp3) is 0.400. The molecule has 0 aromatic carbocycles. The third kappa shape index (κ3) is 3.23. The van der Waals surface area contributed by atoms with Gasteiger partial charge in [-0.15, -0.1) is 6.58 Å². The van der Waals surface area contributed by atoms with E-state index in [-0.39, 0.29) is 17.8 Å². The molecule has 1 rings (SSSR count). The number of thiazole rings is 1. The summed E-state index contributed by atoms with van der Waals surface area (Å²) >= 11 is 1.25. The summed E-state index contributed by atoms with van der Waals surface area (Å²) < 4.78 is 0. The summed E-state index contributed by atoms with van der Waals surface area (Å²) in [4.78, 5) is 16.1. The van der Waals surface area contributed by atoms with Gasteiger partial charge in [0.2, 0.25) is 0 Å². The predicted octanol–water partition coefficient (Wildman–Crippen LogP) is 1.46. The summed E-state index contributed by atoms with van der Waals surface area (Å²) in [5, 5.41) is 6.43. The number of nitrogens with zero attached hydrogens (tertiary/aromatic N) is 1. The molecule has 0 bridgehead atoms. The van der Waals surface area contributed by atoms with E-state index in [1.165, 1.54) is 11.3 Å². The molecule has 0 fully saturated rings. The number of aromatic nitrogens is 1. The number of anilines is 2. The monoisotopic (exact) mass is 240 g/mol. The maximum Gasteiger partial charge on any atom is 0.265 e. The first kappa shape index (κ1) is 12.5. The molecule has 0 spiro atoms. The minimum atomic E-state index is -0.216. The lowest BCUT2D eigenvalue weighted by Gasteiger charge is -2.03. The van der Waals surface area contributed by atoms with Crippen molar-refractivity contribution in [2.24, 2.45) is 0 Å². The summed E-state index contributed by atoms with van der Waals surface area (Å²) in [5.41, 5.74) is 5.66. The minimum Gasteiger partial charge on any atom is -0.382 e. The Bertz CT molecular complexity index is 386. The highest BCUT2D eigenvalue weighted by molar-refractivity contribution is 7.18. The summed E-state index contributed by atoms with van der Waals surface area (Å²) in [6.45, 7) is 7.93. The van der Waals surface area contributed by atoms with Crippen LogP contribution in [-0.2, 0) is 0 Å². The molecule has 5 nitrogen and oxygen atoms in total. The normalized spacial score (nSPS) is 10.2. The number of nitrogens with two attached hydrogens (primary N) is 1. The van der Waals surface area contributed by atoms with Crippen molar-refractivity contribution in [2.45, 2.75) is 19.9 Å². The van der Waals surface area contributed by atoms with Crippen molar-refractivity contribution in [2.75, 3.05) is 17.6 Å². The number of hydrogen-bond acceptors (Lipinski definition) is 5. The Morgan fingerprint density at radius 3 is 2.94 bits per heavy atom. The topological polar surface area (TPSA) is 80.0 Å². The molecule has 1 amide bonds. The fourth-order valence-electron chi connectivity index (χ4n) is 1.05. The third-order valence-corrected chi connectivity index (χ3v) is 2.68. The Morgan fingerprint density at radius 2 is 2.38 bits per heavy atom. The predicted molar refractivity (Wildman–Crippen MR) is 67.8 cm³/mol. The maximum atomic E-state index is 11.6. The molecular weight excluding hydrogens is 224 g/mol. The van der Waals surface area contributed by atoms with E-state index in [0.717, 1.165) is 0 Å². The second-order valence-corrected chi connectivity index (χ2v) is 4.53. The fourth-order valence-corrected chi connectivity index (χ4v) is 2.00. The minimum absolute atomic E-state index is 0.216. The first-order valence-corrected chi connectivity index (χ1v) is 5.78. The summed E-state index contributed by atoms with van der Waals surface area (Å²) in [6, 6.07) is 0.259. The standard InChI is InChI=1S/C10H16N4OS/c1-4-5-12-9(15)7-8(11)14-10(16-7)13-6(2)3/h4,6H,1,5,11H2,2-3H3,(H,12,15)(H,13,14). The second-order valence-electron chi connectivity index (χ2n) is 3.53. The van der Waals surface area contributed by atoms with Gasteiger partial charge >= 0.3 is 0 Å². The Labute approximate surface area is 98.8 Å². The maximum absolute atomic E-state index is 11.6. The van der Waals surface area contributed by atoms with E-state index in [0.29, 0.717) is 16.6 Å². The van der Waals surface area contributed by atoms with E-state index >= 15 is 0 Å². The van der Waals surface area contributed by atoms with Crippen molar-refractivity contribution >= 4 is 28.2 Å². The van der Waals surface area contributed by atoms with Crippen molar-refractivity contribution in [3.63, 3.8) is 0 Å². The smallest absolute Gasteiger partial charge is 0.265 e. The number of amides is 1. The zero-order chi connectivity index (χ0) is 12.1. The highest BCUT2D eigenvalue weighted by atomic mass is 32.1. The van der Waals surface area contributed by atoms with Gasteiger partial charge in [0.1, 0.15) is 10.7 Å². The van der Waals surface area contributed by atoms with Crippen LogP contribution in [-0.4, -0.2) is 23.5 Å². The van der Waals surface area contributed by atoms with Crippen LogP contribution in [0.4, 0.5) is 10.9 Å². The first-order valence-electron chi connectivity index (χ1n) is 4.96. The molecular formula is C10H16N4OS. The van der Waals surface area contributed by atoms with Gasteiger partial charge < -0.3 is 16.4 Å². The van der Waals surface area contributed by atoms with Crippen LogP contribution in [0.3, 0.4) is 0 Å². The van der Waals surface area contributed by atoms with Crippen molar-refractivity contribution in [3.8, 4) is 0 Å². The molecule has 0 aliphatic heterocycles. The van der Waals surface area contributed by atoms with Crippen LogP contribution in [0.2, 0.25) is 0 Å². The molecule has 6 heteroatoms. The summed E-state index contributed by atoms with van der Waals surface area (Å²) in [6.07, 6.45) is 1.61. The van der Waals surface area contributed by atoms with Crippen LogP contribution in [0.1, 0.15) is 23.5 Å². The van der Waals surface area contributed by atoms with Gasteiger partial charge in [0.05, 0.1) is 0 Å². The highest BCUT2D eigenvalue weighted by Crippen LogP contribution is 2.25. The van der Waals surface area contributed by atoms with Gasteiger partial charge in [-0.05, 0) is 13.8 Å². The van der Waals surface area contributed by atoms with Crippen LogP contribution in [0.15, 0.2) is 12.7 Å². The third-order valence-electron chi connectivity index (χ3n) is 1.68. The SMILES string of the molecule is C=CCNC(=O)c1sc(NC(C)C)nc1N. The largest absolute Gasteiger partial charge is 0.382 e. The summed E-state index contributed by atoms with van der Waals surface area (Å²) in [7, 11) is 0. The zero-order valence-electron chi connectivity index (χ0n) is 9.41. The Kier molecular flexibility index (Phi) is 4.30. The highest BCUT2D eigenvalue weighted by Gasteiger charge is 2.15. The number of carbonyl (C=O) groups excluding carboxylic acids is 1. The van der Waals surface area contributed by atoms with Gasteiger partial charge in [0.15, 0.2) is 5.13 Å². The molecule has 0 aliphatic rings. The van der Waals surface area contributed by atoms with Gasteiger partial charge in [0.25, 0.3) is 5.91 Å². The van der Waals surface area contributed by atoms with E-state index in [4.69, 9.17) is 5.73 Å². The molecule has 1 heterocycles. The zero-order valence-corrected chi connectivity index (χ0v) is 10.2. The molecule has 1 aromatic heterocycles. The van der Waals surface area contributed by atoms with Gasteiger partial charge in [-0.3, -0.25) is 4.79 Å². The molecule has 4 N–H and O–H groups in total. The number of rotatable bonds is 5. The number of nitrogens with one attached hydrogen (secondary N) is 2. The molecule has 0 unspecified atom stereocenters. The van der Waals surface area contributed by atoms with E-state index in [9.17, 15) is 4.79 Å². The average Bonchev–Trinajstić information content (AvgIpc) is 2.54. The molecule has 0 radical (unpaired) electrons. The van der Waals surface area contributed by atoms with Gasteiger partial charge in [0, 0.05) is 12.6 Å². The number of hydrogen-bond donors (Lipinski definition) is 3. The number of carbonyl (C=O) groups is 1. The van der Waals surface area contributed by atoms with Gasteiger partial charge in [-0.1, -0.05) is 17.4 Å². The molecule has 0 aliphatic carbocycles. The van der Waals surface area contributed by atoms with Crippen molar-refractivity contribution in [1.82, 2.24) is 10.3 Å². The Morgan fingerprint density at radius 1 is 1.69 bits per heavy atom. The lowest BCUT2D eigenvalue weighted by molar-refractivity contribution is 0.0962. The molecule has 0 saturated heterocycles. The second kappa shape index (κ2) is 5.50. The summed E-state index contributed by atoms with van der Waals surface area (Å²) in [5.74, 6) is 0.0430. The van der Waals surface area contributed by atoms with E-state index in [2.05, 4.69) is 22.2 Å². The quantitative estimate of drug-likeness (QED) is 0.681. The van der Waals surface area contributed by atoms with Crippen molar-refractivity contribution < 1.29 is 4.79 Å². The van der Waals surface area contributed by atoms with Crippen LogP contribution in [0.5, 0.6) is 0 Å². The molecule has 0 saturated carbocycles. The molecule has 88 valence electrons. The van der Waals surface area contributed by atoms with Crippen molar-refractivity contribution in [3.05, 3.63) is 17.5 Å². The first-order chi connectivity index (χ1) is 7.54. The van der Waals surface area contributed by atoms with Crippen LogP contribution in [0.25, 0.3) is 0 Å². The number of nitrogen functional groups attached to an aromatic ring is 1. The lowest BCUT2D eigenvalue weighted by atomic mass is 10.4. The Balaban J connectivity index is 2.76. The molecule has 0 atom stereocenters. The van der Waals surface area contributed by atoms with Gasteiger partial charge in [-0.2, -0.15) is 0 Å². The van der Waals surface area contributed by atoms with Crippen LogP contribution >= 0.6 is 11.3 Å². The lowest BCUT2D eigenvalue weighted by Crippen LogP contribution is -2.23. The van der Waals surface area contributed by atoms with Crippen molar-refractivity contribution in [1.29, 1.82) is 0 Å².